The summed E-state index contributed by atoms with van der Waals surface area (Å²) in [6.07, 6.45) is 8.40. The van der Waals surface area contributed by atoms with Gasteiger partial charge in [0.15, 0.2) is 0 Å². The van der Waals surface area contributed by atoms with Gasteiger partial charge in [-0.15, -0.1) is 0 Å². The molecule has 2 unspecified atom stereocenters. The normalized spacial score (nSPS) is 34.6. The predicted molar refractivity (Wildman–Crippen MR) is 133 cm³/mol. The maximum absolute atomic E-state index is 14.9. The molecule has 192 valence electrons. The number of hydrogen-bond acceptors (Lipinski definition) is 4. The van der Waals surface area contributed by atoms with Crippen LogP contribution in [0.1, 0.15) is 77.7 Å². The van der Waals surface area contributed by atoms with Crippen LogP contribution in [0, 0.1) is 28.5 Å². The standard InChI is InChI=1S/C28H40FN3O3/c1-4-35-24(33)21-7-9-32(10-8-21)15-19-5-6-23(22(29)11-19)30-25(34)31-28-14-20-12-26(2,17-28)16-27(3,13-20)18-28/h5-6,11,20-21H,4,7-10,12-18H2,1-3H3,(H2,30,31,34). The highest BCUT2D eigenvalue weighted by Crippen LogP contribution is 2.66. The van der Waals surface area contributed by atoms with Gasteiger partial charge < -0.3 is 15.4 Å². The number of nitrogens with one attached hydrogen (secondary N) is 2. The van der Waals surface area contributed by atoms with Crippen LogP contribution in [-0.4, -0.2) is 42.1 Å². The molecule has 1 aromatic rings. The Kier molecular flexibility index (Phi) is 6.35. The molecule has 4 aliphatic carbocycles. The molecule has 1 aromatic carbocycles. The van der Waals surface area contributed by atoms with Crippen molar-refractivity contribution < 1.29 is 18.7 Å². The Hall–Kier alpha value is -2.15. The molecule has 5 aliphatic rings. The molecule has 2 atom stereocenters. The van der Waals surface area contributed by atoms with E-state index in [1.54, 1.807) is 6.07 Å². The van der Waals surface area contributed by atoms with Gasteiger partial charge in [-0.05, 0) is 106 Å². The first-order chi connectivity index (χ1) is 16.6. The fourth-order valence-corrected chi connectivity index (χ4v) is 8.58. The third-order valence-corrected chi connectivity index (χ3v) is 8.90. The van der Waals surface area contributed by atoms with Crippen LogP contribution in [0.2, 0.25) is 0 Å². The molecule has 0 spiro atoms. The molecule has 2 amide bonds. The van der Waals surface area contributed by atoms with Crippen LogP contribution in [0.5, 0.6) is 0 Å². The van der Waals surface area contributed by atoms with Crippen molar-refractivity contribution in [2.24, 2.45) is 22.7 Å². The monoisotopic (exact) mass is 485 g/mol. The van der Waals surface area contributed by atoms with Gasteiger partial charge in [0.2, 0.25) is 0 Å². The molecule has 2 N–H and O–H groups in total. The Morgan fingerprint density at radius 2 is 1.77 bits per heavy atom. The van der Waals surface area contributed by atoms with Crippen LogP contribution in [0.4, 0.5) is 14.9 Å². The summed E-state index contributed by atoms with van der Waals surface area (Å²) in [5, 5.41) is 6.07. The van der Waals surface area contributed by atoms with Crippen LogP contribution in [0.3, 0.4) is 0 Å². The number of anilines is 1. The molecular weight excluding hydrogens is 445 g/mol. The van der Waals surface area contributed by atoms with Crippen molar-refractivity contribution in [3.63, 3.8) is 0 Å². The smallest absolute Gasteiger partial charge is 0.319 e. The largest absolute Gasteiger partial charge is 0.466 e. The van der Waals surface area contributed by atoms with Gasteiger partial charge in [0, 0.05) is 12.1 Å². The van der Waals surface area contributed by atoms with Crippen molar-refractivity contribution in [3.8, 4) is 0 Å². The maximum atomic E-state index is 14.9. The van der Waals surface area contributed by atoms with Crippen molar-refractivity contribution in [2.45, 2.75) is 84.2 Å². The molecule has 1 heterocycles. The zero-order chi connectivity index (χ0) is 24.8. The topological polar surface area (TPSA) is 70.7 Å². The van der Waals surface area contributed by atoms with Crippen molar-refractivity contribution in [3.05, 3.63) is 29.6 Å². The number of carbonyl (C=O) groups excluding carboxylic acids is 2. The lowest BCUT2D eigenvalue weighted by Gasteiger charge is -2.65. The van der Waals surface area contributed by atoms with Gasteiger partial charge >= 0.3 is 12.0 Å². The summed E-state index contributed by atoms with van der Waals surface area (Å²) < 4.78 is 20.1. The van der Waals surface area contributed by atoms with Crippen molar-refractivity contribution in [2.75, 3.05) is 25.0 Å². The number of hydrogen-bond donors (Lipinski definition) is 2. The Morgan fingerprint density at radius 1 is 1.09 bits per heavy atom. The number of urea groups is 1. The first-order valence-electron chi connectivity index (χ1n) is 13.3. The third-order valence-electron chi connectivity index (χ3n) is 8.90. The van der Waals surface area contributed by atoms with Gasteiger partial charge in [0.25, 0.3) is 0 Å². The lowest BCUT2D eigenvalue weighted by molar-refractivity contribution is -0.149. The van der Waals surface area contributed by atoms with E-state index in [0.717, 1.165) is 50.8 Å². The van der Waals surface area contributed by atoms with Gasteiger partial charge in [-0.2, -0.15) is 0 Å². The summed E-state index contributed by atoms with van der Waals surface area (Å²) in [6.45, 7) is 9.19. The lowest BCUT2D eigenvalue weighted by Crippen LogP contribution is -2.65. The molecule has 6 rings (SSSR count). The first kappa shape index (κ1) is 24.5. The van der Waals surface area contributed by atoms with E-state index < -0.39 is 5.82 Å². The molecular formula is C28H40FN3O3. The summed E-state index contributed by atoms with van der Waals surface area (Å²) in [7, 11) is 0. The summed E-state index contributed by atoms with van der Waals surface area (Å²) in [6, 6.07) is 4.76. The summed E-state index contributed by atoms with van der Waals surface area (Å²) >= 11 is 0. The highest BCUT2D eigenvalue weighted by Gasteiger charge is 2.60. The number of rotatable bonds is 6. The highest BCUT2D eigenvalue weighted by atomic mass is 19.1. The summed E-state index contributed by atoms with van der Waals surface area (Å²) in [5.74, 6) is 0.124. The van der Waals surface area contributed by atoms with E-state index in [1.165, 1.54) is 25.3 Å². The van der Waals surface area contributed by atoms with E-state index in [9.17, 15) is 14.0 Å². The van der Waals surface area contributed by atoms with E-state index in [2.05, 4.69) is 29.4 Å². The zero-order valence-electron chi connectivity index (χ0n) is 21.4. The molecule has 5 fully saturated rings. The minimum Gasteiger partial charge on any atom is -0.466 e. The molecule has 35 heavy (non-hydrogen) atoms. The Labute approximate surface area is 208 Å². The number of piperidine rings is 1. The second kappa shape index (κ2) is 9.06. The lowest BCUT2D eigenvalue weighted by atomic mass is 9.43. The second-order valence-corrected chi connectivity index (χ2v) is 12.6. The van der Waals surface area contributed by atoms with E-state index in [-0.39, 0.29) is 29.1 Å². The van der Waals surface area contributed by atoms with E-state index in [1.807, 2.05) is 13.0 Å². The van der Waals surface area contributed by atoms with Crippen molar-refractivity contribution in [1.82, 2.24) is 10.2 Å². The van der Waals surface area contributed by atoms with Gasteiger partial charge in [-0.1, -0.05) is 19.9 Å². The molecule has 6 nitrogen and oxygen atoms in total. The fourth-order valence-electron chi connectivity index (χ4n) is 8.58. The average Bonchev–Trinajstić information content (AvgIpc) is 2.73. The number of amides is 2. The minimum atomic E-state index is -0.413. The van der Waals surface area contributed by atoms with Crippen molar-refractivity contribution in [1.29, 1.82) is 0 Å². The van der Waals surface area contributed by atoms with Crippen LogP contribution < -0.4 is 10.6 Å². The molecule has 1 aliphatic heterocycles. The number of halogens is 1. The molecule has 4 saturated carbocycles. The van der Waals surface area contributed by atoms with E-state index in [4.69, 9.17) is 4.74 Å². The average molecular weight is 486 g/mol. The van der Waals surface area contributed by atoms with Gasteiger partial charge in [-0.25, -0.2) is 9.18 Å². The number of carbonyl (C=O) groups is 2. The second-order valence-electron chi connectivity index (χ2n) is 12.6. The summed E-state index contributed by atoms with van der Waals surface area (Å²) in [4.78, 5) is 27.1. The quantitative estimate of drug-likeness (QED) is 0.524. The molecule has 4 bridgehead atoms. The maximum Gasteiger partial charge on any atom is 0.319 e. The number of ether oxygens (including phenoxy) is 1. The molecule has 7 heteroatoms. The zero-order valence-corrected chi connectivity index (χ0v) is 21.4. The Morgan fingerprint density at radius 3 is 2.37 bits per heavy atom. The van der Waals surface area contributed by atoms with Gasteiger partial charge in [0.1, 0.15) is 5.82 Å². The molecule has 1 saturated heterocycles. The van der Waals surface area contributed by atoms with Crippen LogP contribution in [0.25, 0.3) is 0 Å². The minimum absolute atomic E-state index is 0.0350. The van der Waals surface area contributed by atoms with E-state index >= 15 is 0 Å². The number of benzene rings is 1. The third kappa shape index (κ3) is 5.20. The van der Waals surface area contributed by atoms with E-state index in [0.29, 0.717) is 29.9 Å². The van der Waals surface area contributed by atoms with Gasteiger partial charge in [0.05, 0.1) is 18.2 Å². The van der Waals surface area contributed by atoms with Gasteiger partial charge in [-0.3, -0.25) is 9.69 Å². The Bertz CT molecular complexity index is 972. The van der Waals surface area contributed by atoms with Crippen LogP contribution in [0.15, 0.2) is 18.2 Å². The molecule has 0 aromatic heterocycles. The molecule has 0 radical (unpaired) electrons. The first-order valence-corrected chi connectivity index (χ1v) is 13.3. The fraction of sp³-hybridized carbons (Fsp3) is 0.714. The SMILES string of the molecule is CCOC(=O)C1CCN(Cc2ccc(NC(=O)NC34CC5CC(C)(CC(C)(C5)C3)C4)c(F)c2)CC1. The van der Waals surface area contributed by atoms with Crippen molar-refractivity contribution >= 4 is 17.7 Å². The number of likely N-dealkylation sites (tertiary alicyclic amines) is 1. The highest BCUT2D eigenvalue weighted by molar-refractivity contribution is 5.90. The summed E-state index contributed by atoms with van der Waals surface area (Å²) in [5.41, 5.74) is 1.52. The van der Waals surface area contributed by atoms with Crippen LogP contribution in [-0.2, 0) is 16.1 Å². The number of esters is 1. The number of nitrogens with zero attached hydrogens (tertiary/aromatic N) is 1. The predicted octanol–water partition coefficient (Wildman–Crippen LogP) is 5.47. The Balaban J connectivity index is 1.16. The van der Waals surface area contributed by atoms with Crippen LogP contribution >= 0.6 is 0 Å².